The summed E-state index contributed by atoms with van der Waals surface area (Å²) in [4.78, 5) is 9.57. The molecule has 0 N–H and O–H groups in total. The van der Waals surface area contributed by atoms with Gasteiger partial charge in [-0.15, -0.1) is 0 Å². The van der Waals surface area contributed by atoms with Crippen LogP contribution in [-0.2, 0) is 6.54 Å². The van der Waals surface area contributed by atoms with E-state index in [9.17, 15) is 0 Å². The molecule has 0 atom stereocenters. The molecule has 3 nitrogen and oxygen atoms in total. The number of para-hydroxylation sites is 2. The Bertz CT molecular complexity index is 772. The minimum absolute atomic E-state index is 0.983. The van der Waals surface area contributed by atoms with E-state index >= 15 is 0 Å². The fraction of sp³-hybridized carbons (Fsp3) is 0.250. The lowest BCUT2D eigenvalue weighted by Gasteiger charge is -2.36. The molecular formula is C20H21N3. The zero-order valence-corrected chi connectivity index (χ0v) is 13.2. The van der Waals surface area contributed by atoms with E-state index in [1.165, 1.54) is 16.6 Å². The van der Waals surface area contributed by atoms with Crippen molar-refractivity contribution < 1.29 is 0 Å². The van der Waals surface area contributed by atoms with Crippen LogP contribution in [0, 0.1) is 0 Å². The molecule has 116 valence electrons. The Morgan fingerprint density at radius 3 is 2.39 bits per heavy atom. The van der Waals surface area contributed by atoms with Crippen LogP contribution in [0.2, 0.25) is 0 Å². The van der Waals surface area contributed by atoms with Crippen LogP contribution in [0.3, 0.4) is 0 Å². The first-order valence-electron chi connectivity index (χ1n) is 8.25. The second kappa shape index (κ2) is 6.39. The molecule has 1 saturated heterocycles. The Kier molecular flexibility index (Phi) is 3.95. The Hall–Kier alpha value is -2.39. The van der Waals surface area contributed by atoms with E-state index in [0.29, 0.717) is 0 Å². The number of nitrogens with zero attached hydrogens (tertiary/aromatic N) is 3. The molecule has 0 saturated carbocycles. The van der Waals surface area contributed by atoms with Gasteiger partial charge in [-0.1, -0.05) is 42.5 Å². The highest BCUT2D eigenvalue weighted by Gasteiger charge is 2.17. The van der Waals surface area contributed by atoms with Crippen LogP contribution in [0.1, 0.15) is 5.56 Å². The Morgan fingerprint density at radius 1 is 0.783 bits per heavy atom. The molecule has 2 aromatic carbocycles. The molecule has 0 spiro atoms. The van der Waals surface area contributed by atoms with Crippen LogP contribution in [0.5, 0.6) is 0 Å². The number of hydrogen-bond acceptors (Lipinski definition) is 3. The van der Waals surface area contributed by atoms with Gasteiger partial charge in [0.05, 0.1) is 5.52 Å². The quantitative estimate of drug-likeness (QED) is 0.737. The van der Waals surface area contributed by atoms with Gasteiger partial charge in [-0.05, 0) is 23.8 Å². The van der Waals surface area contributed by atoms with E-state index in [-0.39, 0.29) is 0 Å². The van der Waals surface area contributed by atoms with Gasteiger partial charge in [-0.2, -0.15) is 0 Å². The normalized spacial score (nSPS) is 15.9. The van der Waals surface area contributed by atoms with Crippen LogP contribution in [0.15, 0.2) is 66.9 Å². The minimum Gasteiger partial charge on any atom is -0.369 e. The molecule has 1 aliphatic heterocycles. The largest absolute Gasteiger partial charge is 0.369 e. The second-order valence-corrected chi connectivity index (χ2v) is 6.09. The van der Waals surface area contributed by atoms with Gasteiger partial charge in [-0.3, -0.25) is 9.88 Å². The molecule has 0 amide bonds. The van der Waals surface area contributed by atoms with Crippen LogP contribution in [-0.4, -0.2) is 36.1 Å². The minimum atomic E-state index is 0.983. The van der Waals surface area contributed by atoms with Crippen molar-refractivity contribution in [3.8, 4) is 0 Å². The molecule has 1 fully saturated rings. The van der Waals surface area contributed by atoms with E-state index < -0.39 is 0 Å². The molecule has 1 aliphatic rings. The topological polar surface area (TPSA) is 19.4 Å². The number of anilines is 1. The van der Waals surface area contributed by atoms with Gasteiger partial charge in [0.25, 0.3) is 0 Å². The van der Waals surface area contributed by atoms with E-state index in [2.05, 4.69) is 69.4 Å². The van der Waals surface area contributed by atoms with E-state index in [1.54, 1.807) is 0 Å². The third-order valence-electron chi connectivity index (χ3n) is 4.60. The molecule has 3 heteroatoms. The van der Waals surface area contributed by atoms with E-state index in [1.807, 2.05) is 12.3 Å². The van der Waals surface area contributed by atoms with Crippen molar-refractivity contribution in [2.24, 2.45) is 0 Å². The average Bonchev–Trinajstić information content (AvgIpc) is 2.63. The zero-order chi connectivity index (χ0) is 15.5. The maximum absolute atomic E-state index is 4.57. The summed E-state index contributed by atoms with van der Waals surface area (Å²) >= 11 is 0. The van der Waals surface area contributed by atoms with Gasteiger partial charge in [0, 0.05) is 50.0 Å². The van der Waals surface area contributed by atoms with Crippen molar-refractivity contribution in [3.63, 3.8) is 0 Å². The molecule has 1 aromatic heterocycles. The Morgan fingerprint density at radius 2 is 1.57 bits per heavy atom. The number of hydrogen-bond donors (Lipinski definition) is 0. The van der Waals surface area contributed by atoms with Crippen LogP contribution in [0.4, 0.5) is 5.69 Å². The standard InChI is InChI=1S/C20H21N3/c1-2-9-19(10-3-1)23-14-12-22(13-15-23)16-18-7-4-6-17-8-5-11-21-20(17)18/h1-11H,12-16H2. The van der Waals surface area contributed by atoms with Gasteiger partial charge in [-0.25, -0.2) is 0 Å². The van der Waals surface area contributed by atoms with Crippen LogP contribution < -0.4 is 4.90 Å². The number of fused-ring (bicyclic) bond motifs is 1. The molecule has 3 aromatic rings. The third kappa shape index (κ3) is 3.06. The fourth-order valence-corrected chi connectivity index (χ4v) is 3.34. The summed E-state index contributed by atoms with van der Waals surface area (Å²) in [5, 5.41) is 1.23. The highest BCUT2D eigenvalue weighted by molar-refractivity contribution is 5.81. The van der Waals surface area contributed by atoms with Gasteiger partial charge in [0.1, 0.15) is 0 Å². The van der Waals surface area contributed by atoms with Gasteiger partial charge < -0.3 is 4.90 Å². The fourth-order valence-electron chi connectivity index (χ4n) is 3.34. The lowest BCUT2D eigenvalue weighted by atomic mass is 10.1. The molecule has 0 radical (unpaired) electrons. The lowest BCUT2D eigenvalue weighted by molar-refractivity contribution is 0.250. The molecule has 23 heavy (non-hydrogen) atoms. The van der Waals surface area contributed by atoms with Crippen molar-refractivity contribution in [2.45, 2.75) is 6.54 Å². The summed E-state index contributed by atoms with van der Waals surface area (Å²) in [5.74, 6) is 0. The van der Waals surface area contributed by atoms with Crippen molar-refractivity contribution in [1.82, 2.24) is 9.88 Å². The van der Waals surface area contributed by atoms with Crippen molar-refractivity contribution >= 4 is 16.6 Å². The SMILES string of the molecule is c1ccc(N2CCN(Cc3cccc4cccnc34)CC2)cc1. The summed E-state index contributed by atoms with van der Waals surface area (Å²) in [6.45, 7) is 5.34. The number of rotatable bonds is 3. The first kappa shape index (κ1) is 14.2. The Balaban J connectivity index is 1.45. The summed E-state index contributed by atoms with van der Waals surface area (Å²) in [6.07, 6.45) is 1.89. The molecule has 0 aliphatic carbocycles. The first-order valence-corrected chi connectivity index (χ1v) is 8.25. The van der Waals surface area contributed by atoms with E-state index in [4.69, 9.17) is 0 Å². The smallest absolute Gasteiger partial charge is 0.0746 e. The van der Waals surface area contributed by atoms with Gasteiger partial charge in [0.2, 0.25) is 0 Å². The van der Waals surface area contributed by atoms with Crippen LogP contribution in [0.25, 0.3) is 10.9 Å². The summed E-state index contributed by atoms with van der Waals surface area (Å²) in [5.41, 5.74) is 3.80. The molecule has 0 unspecified atom stereocenters. The molecular weight excluding hydrogens is 282 g/mol. The zero-order valence-electron chi connectivity index (χ0n) is 13.2. The molecule has 4 rings (SSSR count). The van der Waals surface area contributed by atoms with Gasteiger partial charge in [0.15, 0.2) is 0 Å². The monoisotopic (exact) mass is 303 g/mol. The maximum atomic E-state index is 4.57. The Labute approximate surface area is 137 Å². The number of benzene rings is 2. The predicted octanol–water partition coefficient (Wildman–Crippen LogP) is 3.56. The summed E-state index contributed by atoms with van der Waals surface area (Å²) in [7, 11) is 0. The average molecular weight is 303 g/mol. The number of pyridine rings is 1. The van der Waals surface area contributed by atoms with Gasteiger partial charge >= 0.3 is 0 Å². The number of aromatic nitrogens is 1. The summed E-state index contributed by atoms with van der Waals surface area (Å²) in [6, 6.07) is 21.3. The third-order valence-corrected chi connectivity index (χ3v) is 4.60. The van der Waals surface area contributed by atoms with Crippen molar-refractivity contribution in [1.29, 1.82) is 0 Å². The van der Waals surface area contributed by atoms with Crippen molar-refractivity contribution in [2.75, 3.05) is 31.1 Å². The van der Waals surface area contributed by atoms with E-state index in [0.717, 1.165) is 38.2 Å². The second-order valence-electron chi connectivity index (χ2n) is 6.09. The predicted molar refractivity (Wildman–Crippen MR) is 95.7 cm³/mol. The molecule has 2 heterocycles. The lowest BCUT2D eigenvalue weighted by Crippen LogP contribution is -2.45. The first-order chi connectivity index (χ1) is 11.4. The van der Waals surface area contributed by atoms with Crippen LogP contribution >= 0.6 is 0 Å². The highest BCUT2D eigenvalue weighted by Crippen LogP contribution is 2.20. The number of piperazine rings is 1. The molecule has 0 bridgehead atoms. The maximum Gasteiger partial charge on any atom is 0.0746 e. The van der Waals surface area contributed by atoms with Crippen molar-refractivity contribution in [3.05, 3.63) is 72.4 Å². The summed E-state index contributed by atoms with van der Waals surface area (Å²) < 4.78 is 0. The highest BCUT2D eigenvalue weighted by atomic mass is 15.3.